The fourth-order valence-corrected chi connectivity index (χ4v) is 2.59. The molecule has 0 saturated carbocycles. The van der Waals surface area contributed by atoms with E-state index in [0.29, 0.717) is 12.1 Å². The number of hydrogen-bond acceptors (Lipinski definition) is 4. The summed E-state index contributed by atoms with van der Waals surface area (Å²) in [7, 11) is 1.45. The van der Waals surface area contributed by atoms with Gasteiger partial charge in [-0.15, -0.1) is 0 Å². The Kier molecular flexibility index (Phi) is 6.65. The first kappa shape index (κ1) is 15.4. The average molecular weight is 256 g/mol. The molecule has 106 valence electrons. The van der Waals surface area contributed by atoms with Crippen LogP contribution in [0.25, 0.3) is 0 Å². The molecule has 2 N–H and O–H groups in total. The zero-order valence-corrected chi connectivity index (χ0v) is 12.2. The second-order valence-electron chi connectivity index (χ2n) is 5.70. The van der Waals surface area contributed by atoms with Crippen molar-refractivity contribution in [2.75, 3.05) is 13.7 Å². The number of ether oxygens (including phenoxy) is 1. The highest BCUT2D eigenvalue weighted by Gasteiger charge is 2.25. The summed E-state index contributed by atoms with van der Waals surface area (Å²) < 4.78 is 4.85. The standard InChI is InChI=1S/C14H28N2O2/c1-10(2)13(14(17)18-4)16-11(3)9-12-7-5-6-8-15-12/h10-13,15-16H,5-9H2,1-4H3. The zero-order chi connectivity index (χ0) is 13.5. The third-order valence-corrected chi connectivity index (χ3v) is 3.64. The van der Waals surface area contributed by atoms with Crippen molar-refractivity contribution in [3.63, 3.8) is 0 Å². The summed E-state index contributed by atoms with van der Waals surface area (Å²) in [5.74, 6) is 0.0904. The van der Waals surface area contributed by atoms with Gasteiger partial charge in [-0.1, -0.05) is 20.3 Å². The molecule has 4 nitrogen and oxygen atoms in total. The molecule has 1 rings (SSSR count). The zero-order valence-electron chi connectivity index (χ0n) is 12.2. The molecule has 0 spiro atoms. The largest absolute Gasteiger partial charge is 0.468 e. The van der Waals surface area contributed by atoms with Gasteiger partial charge < -0.3 is 15.4 Å². The van der Waals surface area contributed by atoms with Gasteiger partial charge in [-0.3, -0.25) is 4.79 Å². The van der Waals surface area contributed by atoms with Crippen LogP contribution in [0.2, 0.25) is 0 Å². The van der Waals surface area contributed by atoms with E-state index >= 15 is 0 Å². The Labute approximate surface area is 111 Å². The maximum absolute atomic E-state index is 11.7. The minimum absolute atomic E-state index is 0.159. The summed E-state index contributed by atoms with van der Waals surface area (Å²) >= 11 is 0. The smallest absolute Gasteiger partial charge is 0.323 e. The molecule has 0 aromatic heterocycles. The van der Waals surface area contributed by atoms with Crippen LogP contribution in [0.15, 0.2) is 0 Å². The van der Waals surface area contributed by atoms with Crippen LogP contribution < -0.4 is 10.6 Å². The highest BCUT2D eigenvalue weighted by atomic mass is 16.5. The van der Waals surface area contributed by atoms with E-state index in [1.165, 1.54) is 26.4 Å². The van der Waals surface area contributed by atoms with E-state index in [1.807, 2.05) is 13.8 Å². The van der Waals surface area contributed by atoms with Crippen LogP contribution in [0, 0.1) is 5.92 Å². The SMILES string of the molecule is COC(=O)C(NC(C)CC1CCCCN1)C(C)C. The molecule has 3 atom stereocenters. The number of carbonyl (C=O) groups is 1. The Balaban J connectivity index is 2.40. The van der Waals surface area contributed by atoms with E-state index in [4.69, 9.17) is 4.74 Å². The second kappa shape index (κ2) is 7.74. The molecule has 1 aliphatic heterocycles. The molecule has 1 fully saturated rings. The van der Waals surface area contributed by atoms with E-state index in [0.717, 1.165) is 13.0 Å². The van der Waals surface area contributed by atoms with Gasteiger partial charge in [0.25, 0.3) is 0 Å². The lowest BCUT2D eigenvalue weighted by Gasteiger charge is -2.29. The monoisotopic (exact) mass is 256 g/mol. The number of hydrogen-bond donors (Lipinski definition) is 2. The Hall–Kier alpha value is -0.610. The lowest BCUT2D eigenvalue weighted by Crippen LogP contribution is -2.48. The maximum atomic E-state index is 11.7. The Bertz CT molecular complexity index is 250. The van der Waals surface area contributed by atoms with E-state index in [-0.39, 0.29) is 17.9 Å². The van der Waals surface area contributed by atoms with Crippen LogP contribution in [-0.2, 0) is 9.53 Å². The summed E-state index contributed by atoms with van der Waals surface area (Å²) in [6.45, 7) is 7.36. The fraction of sp³-hybridized carbons (Fsp3) is 0.929. The number of nitrogens with one attached hydrogen (secondary N) is 2. The summed E-state index contributed by atoms with van der Waals surface area (Å²) in [6, 6.07) is 0.715. The number of methoxy groups -OCH3 is 1. The number of piperidine rings is 1. The van der Waals surface area contributed by atoms with Crippen LogP contribution in [0.5, 0.6) is 0 Å². The van der Waals surface area contributed by atoms with Crippen LogP contribution in [-0.4, -0.2) is 37.7 Å². The van der Waals surface area contributed by atoms with Gasteiger partial charge in [-0.25, -0.2) is 0 Å². The molecule has 0 aromatic rings. The molecular formula is C14H28N2O2. The molecule has 18 heavy (non-hydrogen) atoms. The third kappa shape index (κ3) is 4.94. The van der Waals surface area contributed by atoms with E-state index < -0.39 is 0 Å². The molecule has 4 heteroatoms. The number of rotatable bonds is 6. The van der Waals surface area contributed by atoms with Gasteiger partial charge in [0, 0.05) is 12.1 Å². The fourth-order valence-electron chi connectivity index (χ4n) is 2.59. The second-order valence-corrected chi connectivity index (χ2v) is 5.70. The third-order valence-electron chi connectivity index (χ3n) is 3.64. The molecule has 1 aliphatic rings. The van der Waals surface area contributed by atoms with E-state index in [2.05, 4.69) is 17.6 Å². The van der Waals surface area contributed by atoms with Crippen molar-refractivity contribution in [3.05, 3.63) is 0 Å². The van der Waals surface area contributed by atoms with Gasteiger partial charge in [-0.2, -0.15) is 0 Å². The van der Waals surface area contributed by atoms with Crippen molar-refractivity contribution in [1.29, 1.82) is 0 Å². The minimum atomic E-state index is -0.200. The van der Waals surface area contributed by atoms with Crippen molar-refractivity contribution in [2.24, 2.45) is 5.92 Å². The van der Waals surface area contributed by atoms with Crippen molar-refractivity contribution >= 4 is 5.97 Å². The lowest BCUT2D eigenvalue weighted by atomic mass is 9.97. The van der Waals surface area contributed by atoms with Gasteiger partial charge in [0.05, 0.1) is 7.11 Å². The summed E-state index contributed by atoms with van der Waals surface area (Å²) in [4.78, 5) is 11.7. The van der Waals surface area contributed by atoms with Crippen molar-refractivity contribution in [2.45, 2.75) is 64.6 Å². The minimum Gasteiger partial charge on any atom is -0.468 e. The molecule has 0 aliphatic carbocycles. The quantitative estimate of drug-likeness (QED) is 0.710. The molecule has 0 amide bonds. The lowest BCUT2D eigenvalue weighted by molar-refractivity contribution is -0.144. The molecule has 1 heterocycles. The van der Waals surface area contributed by atoms with Crippen molar-refractivity contribution in [3.8, 4) is 0 Å². The predicted octanol–water partition coefficient (Wildman–Crippen LogP) is 1.69. The molecule has 3 unspecified atom stereocenters. The van der Waals surface area contributed by atoms with Crippen molar-refractivity contribution in [1.82, 2.24) is 10.6 Å². The number of esters is 1. The maximum Gasteiger partial charge on any atom is 0.323 e. The normalized spacial score (nSPS) is 23.7. The van der Waals surface area contributed by atoms with Gasteiger partial charge in [0.1, 0.15) is 6.04 Å². The van der Waals surface area contributed by atoms with E-state index in [1.54, 1.807) is 0 Å². The Morgan fingerprint density at radius 1 is 1.39 bits per heavy atom. The first-order valence-corrected chi connectivity index (χ1v) is 7.11. The molecule has 0 radical (unpaired) electrons. The topological polar surface area (TPSA) is 50.4 Å². The summed E-state index contributed by atoms with van der Waals surface area (Å²) in [5, 5.41) is 6.94. The molecule has 0 aromatic carbocycles. The molecular weight excluding hydrogens is 228 g/mol. The van der Waals surface area contributed by atoms with Gasteiger partial charge in [-0.05, 0) is 38.6 Å². The highest BCUT2D eigenvalue weighted by Crippen LogP contribution is 2.13. The van der Waals surface area contributed by atoms with Crippen LogP contribution in [0.4, 0.5) is 0 Å². The van der Waals surface area contributed by atoms with Crippen LogP contribution >= 0.6 is 0 Å². The van der Waals surface area contributed by atoms with Gasteiger partial charge >= 0.3 is 5.97 Å². The van der Waals surface area contributed by atoms with E-state index in [9.17, 15) is 4.79 Å². The van der Waals surface area contributed by atoms with Gasteiger partial charge in [0.2, 0.25) is 0 Å². The first-order chi connectivity index (χ1) is 8.54. The average Bonchev–Trinajstić information content (AvgIpc) is 2.36. The van der Waals surface area contributed by atoms with Crippen LogP contribution in [0.1, 0.15) is 46.5 Å². The predicted molar refractivity (Wildman–Crippen MR) is 73.5 cm³/mol. The first-order valence-electron chi connectivity index (χ1n) is 7.11. The van der Waals surface area contributed by atoms with Crippen molar-refractivity contribution < 1.29 is 9.53 Å². The Morgan fingerprint density at radius 3 is 2.61 bits per heavy atom. The summed E-state index contributed by atoms with van der Waals surface area (Å²) in [6.07, 6.45) is 4.92. The highest BCUT2D eigenvalue weighted by molar-refractivity contribution is 5.75. The molecule has 0 bridgehead atoms. The Morgan fingerprint density at radius 2 is 2.11 bits per heavy atom. The summed E-state index contributed by atoms with van der Waals surface area (Å²) in [5.41, 5.74) is 0. The van der Waals surface area contributed by atoms with Crippen LogP contribution in [0.3, 0.4) is 0 Å². The number of carbonyl (C=O) groups excluding carboxylic acids is 1. The molecule has 1 saturated heterocycles. The van der Waals surface area contributed by atoms with Gasteiger partial charge in [0.15, 0.2) is 0 Å².